The molecule has 0 atom stereocenters. The van der Waals surface area contributed by atoms with Gasteiger partial charge in [-0.25, -0.2) is 9.78 Å². The van der Waals surface area contributed by atoms with Gasteiger partial charge >= 0.3 is 5.97 Å². The van der Waals surface area contributed by atoms with E-state index in [1.807, 2.05) is 0 Å². The van der Waals surface area contributed by atoms with E-state index in [1.54, 1.807) is 17.0 Å². The Morgan fingerprint density at radius 2 is 1.85 bits per heavy atom. The van der Waals surface area contributed by atoms with Crippen LogP contribution < -0.4 is 0 Å². The summed E-state index contributed by atoms with van der Waals surface area (Å²) in [7, 11) is 0. The fourth-order valence-corrected chi connectivity index (χ4v) is 2.82. The first kappa shape index (κ1) is 19.2. The van der Waals surface area contributed by atoms with E-state index in [-0.39, 0.29) is 33.3 Å². The average molecular weight is 412 g/mol. The van der Waals surface area contributed by atoms with Gasteiger partial charge in [-0.05, 0) is 18.2 Å². The number of esters is 1. The van der Waals surface area contributed by atoms with Crippen molar-refractivity contribution >= 4 is 41.0 Å². The predicted molar refractivity (Wildman–Crippen MR) is 95.7 cm³/mol. The zero-order valence-corrected chi connectivity index (χ0v) is 15.6. The molecule has 0 radical (unpaired) electrons. The summed E-state index contributed by atoms with van der Waals surface area (Å²) in [5, 5.41) is 0.195. The number of piperazine rings is 1. The summed E-state index contributed by atoms with van der Waals surface area (Å²) >= 11 is 11.5. The summed E-state index contributed by atoms with van der Waals surface area (Å²) < 4.78 is 10.1. The molecule has 1 aliphatic heterocycles. The van der Waals surface area contributed by atoms with E-state index in [9.17, 15) is 14.4 Å². The van der Waals surface area contributed by atoms with Crippen molar-refractivity contribution in [3.05, 3.63) is 52.2 Å². The van der Waals surface area contributed by atoms with Gasteiger partial charge in [-0.15, -0.1) is 0 Å². The Bertz CT molecular complexity index is 848. The number of pyridine rings is 1. The van der Waals surface area contributed by atoms with Crippen LogP contribution in [0.2, 0.25) is 10.2 Å². The maximum Gasteiger partial charge on any atom is 0.340 e. The Balaban J connectivity index is 1.47. The largest absolute Gasteiger partial charge is 0.459 e. The summed E-state index contributed by atoms with van der Waals surface area (Å²) in [6.45, 7) is 1.02. The third-order valence-corrected chi connectivity index (χ3v) is 4.70. The standard InChI is InChI=1S/C17H15Cl2N3O5/c18-12-8-11(9-20-15(12)19)17(25)27-10-14(23)21-3-5-22(6-4-21)16(24)13-2-1-7-26-13/h1-2,7-9H,3-6,10H2. The molecule has 1 aliphatic rings. The second-order valence-electron chi connectivity index (χ2n) is 5.72. The van der Waals surface area contributed by atoms with Crippen molar-refractivity contribution < 1.29 is 23.5 Å². The highest BCUT2D eigenvalue weighted by atomic mass is 35.5. The highest BCUT2D eigenvalue weighted by Crippen LogP contribution is 2.20. The average Bonchev–Trinajstić information content (AvgIpc) is 3.22. The number of hydrogen-bond acceptors (Lipinski definition) is 6. The molecule has 2 amide bonds. The number of amides is 2. The quantitative estimate of drug-likeness (QED) is 0.564. The van der Waals surface area contributed by atoms with Crippen LogP contribution in [0, 0.1) is 0 Å². The first-order valence-corrected chi connectivity index (χ1v) is 8.80. The minimum Gasteiger partial charge on any atom is -0.459 e. The van der Waals surface area contributed by atoms with Crippen LogP contribution in [0.4, 0.5) is 0 Å². The van der Waals surface area contributed by atoms with Gasteiger partial charge in [0.1, 0.15) is 5.15 Å². The van der Waals surface area contributed by atoms with Gasteiger partial charge in [0, 0.05) is 32.4 Å². The topological polar surface area (TPSA) is 93.0 Å². The second-order valence-corrected chi connectivity index (χ2v) is 6.49. The lowest BCUT2D eigenvalue weighted by Crippen LogP contribution is -2.51. The number of halogens is 2. The molecular formula is C17H15Cl2N3O5. The van der Waals surface area contributed by atoms with E-state index >= 15 is 0 Å². The van der Waals surface area contributed by atoms with Crippen molar-refractivity contribution in [1.29, 1.82) is 0 Å². The Hall–Kier alpha value is -2.58. The van der Waals surface area contributed by atoms with Crippen molar-refractivity contribution in [3.8, 4) is 0 Å². The molecule has 27 heavy (non-hydrogen) atoms. The molecule has 3 rings (SSSR count). The highest BCUT2D eigenvalue weighted by molar-refractivity contribution is 6.41. The zero-order valence-electron chi connectivity index (χ0n) is 14.1. The minimum atomic E-state index is -0.721. The number of furan rings is 1. The summed E-state index contributed by atoms with van der Waals surface area (Å²) in [5.41, 5.74) is 0.103. The summed E-state index contributed by atoms with van der Waals surface area (Å²) in [5.74, 6) is -1.02. The van der Waals surface area contributed by atoms with Crippen molar-refractivity contribution in [2.45, 2.75) is 0 Å². The van der Waals surface area contributed by atoms with Crippen LogP contribution in [-0.4, -0.2) is 65.4 Å². The van der Waals surface area contributed by atoms with Crippen LogP contribution >= 0.6 is 23.2 Å². The predicted octanol–water partition coefficient (Wildman–Crippen LogP) is 2.12. The lowest BCUT2D eigenvalue weighted by Gasteiger charge is -2.34. The fourth-order valence-electron chi connectivity index (χ4n) is 2.55. The Kier molecular flexibility index (Phi) is 5.98. The molecular weight excluding hydrogens is 397 g/mol. The van der Waals surface area contributed by atoms with E-state index in [1.165, 1.54) is 23.4 Å². The molecule has 0 aliphatic carbocycles. The number of hydrogen-bond donors (Lipinski definition) is 0. The molecule has 1 saturated heterocycles. The molecule has 0 spiro atoms. The maximum atomic E-state index is 12.2. The highest BCUT2D eigenvalue weighted by Gasteiger charge is 2.26. The van der Waals surface area contributed by atoms with E-state index in [2.05, 4.69) is 4.98 Å². The van der Waals surface area contributed by atoms with Crippen molar-refractivity contribution in [1.82, 2.24) is 14.8 Å². The molecule has 2 aromatic heterocycles. The monoisotopic (exact) mass is 411 g/mol. The molecule has 0 unspecified atom stereocenters. The van der Waals surface area contributed by atoms with E-state index < -0.39 is 12.6 Å². The molecule has 1 fully saturated rings. The second kappa shape index (κ2) is 8.41. The number of carbonyl (C=O) groups is 3. The van der Waals surface area contributed by atoms with Gasteiger partial charge in [0.25, 0.3) is 11.8 Å². The van der Waals surface area contributed by atoms with Gasteiger partial charge in [-0.1, -0.05) is 23.2 Å². The number of nitrogens with zero attached hydrogens (tertiary/aromatic N) is 3. The van der Waals surface area contributed by atoms with Gasteiger partial charge in [0.05, 0.1) is 16.8 Å². The minimum absolute atomic E-state index is 0.0752. The maximum absolute atomic E-state index is 12.2. The third-order valence-electron chi connectivity index (χ3n) is 4.01. The van der Waals surface area contributed by atoms with Gasteiger partial charge in [-0.2, -0.15) is 0 Å². The van der Waals surface area contributed by atoms with E-state index in [0.717, 1.165) is 0 Å². The normalized spacial score (nSPS) is 14.1. The van der Waals surface area contributed by atoms with Gasteiger partial charge < -0.3 is 19.0 Å². The molecule has 0 N–H and O–H groups in total. The number of rotatable bonds is 4. The Morgan fingerprint density at radius 1 is 1.15 bits per heavy atom. The fraction of sp³-hybridized carbons (Fsp3) is 0.294. The molecule has 8 nitrogen and oxygen atoms in total. The number of aromatic nitrogens is 1. The molecule has 0 saturated carbocycles. The molecule has 0 bridgehead atoms. The van der Waals surface area contributed by atoms with Crippen LogP contribution in [0.3, 0.4) is 0 Å². The van der Waals surface area contributed by atoms with E-state index in [0.29, 0.717) is 26.2 Å². The van der Waals surface area contributed by atoms with Crippen molar-refractivity contribution in [2.24, 2.45) is 0 Å². The smallest absolute Gasteiger partial charge is 0.340 e. The van der Waals surface area contributed by atoms with Crippen molar-refractivity contribution in [3.63, 3.8) is 0 Å². The zero-order chi connectivity index (χ0) is 19.4. The third kappa shape index (κ3) is 4.58. The lowest BCUT2D eigenvalue weighted by atomic mass is 10.2. The summed E-state index contributed by atoms with van der Waals surface area (Å²) in [4.78, 5) is 43.3. The van der Waals surface area contributed by atoms with E-state index in [4.69, 9.17) is 32.4 Å². The van der Waals surface area contributed by atoms with Crippen LogP contribution in [-0.2, 0) is 9.53 Å². The molecule has 0 aromatic carbocycles. The van der Waals surface area contributed by atoms with Gasteiger partial charge in [-0.3, -0.25) is 9.59 Å². The molecule has 142 valence electrons. The first-order chi connectivity index (χ1) is 13.0. The van der Waals surface area contributed by atoms with Gasteiger partial charge in [0.15, 0.2) is 12.4 Å². The summed E-state index contributed by atoms with van der Waals surface area (Å²) in [6, 6.07) is 4.56. The van der Waals surface area contributed by atoms with Crippen LogP contribution in [0.1, 0.15) is 20.9 Å². The molecule has 10 heteroatoms. The van der Waals surface area contributed by atoms with Crippen LogP contribution in [0.15, 0.2) is 35.1 Å². The summed E-state index contributed by atoms with van der Waals surface area (Å²) in [6.07, 6.45) is 2.66. The Labute approximate surface area is 164 Å². The van der Waals surface area contributed by atoms with Crippen LogP contribution in [0.25, 0.3) is 0 Å². The molecule has 2 aromatic rings. The number of carbonyl (C=O) groups excluding carboxylic acids is 3. The molecule has 3 heterocycles. The van der Waals surface area contributed by atoms with Crippen LogP contribution in [0.5, 0.6) is 0 Å². The lowest BCUT2D eigenvalue weighted by molar-refractivity contribution is -0.136. The Morgan fingerprint density at radius 3 is 2.48 bits per heavy atom. The van der Waals surface area contributed by atoms with Gasteiger partial charge in [0.2, 0.25) is 0 Å². The van der Waals surface area contributed by atoms with Crippen molar-refractivity contribution in [2.75, 3.05) is 32.8 Å². The first-order valence-electron chi connectivity index (χ1n) is 8.04. The number of ether oxygens (including phenoxy) is 1. The SMILES string of the molecule is O=C(OCC(=O)N1CCN(C(=O)c2ccco2)CC1)c1cnc(Cl)c(Cl)c1.